The van der Waals surface area contributed by atoms with Crippen LogP contribution in [0.5, 0.6) is 0 Å². The highest BCUT2D eigenvalue weighted by molar-refractivity contribution is 5.80. The van der Waals surface area contributed by atoms with Gasteiger partial charge in [0.05, 0.1) is 6.21 Å². The van der Waals surface area contributed by atoms with E-state index in [9.17, 15) is 0 Å². The molecule has 2 aromatic rings. The third-order valence-corrected chi connectivity index (χ3v) is 3.24. The average molecular weight is 286 g/mol. The predicted molar refractivity (Wildman–Crippen MR) is 85.9 cm³/mol. The average Bonchev–Trinajstić information content (AvgIpc) is 2.79. The lowest BCUT2D eigenvalue weighted by molar-refractivity contribution is 0.590. The van der Waals surface area contributed by atoms with Crippen LogP contribution in [0.25, 0.3) is 0 Å². The van der Waals surface area contributed by atoms with E-state index in [1.807, 2.05) is 19.1 Å². The summed E-state index contributed by atoms with van der Waals surface area (Å²) < 4.78 is 1.40. The Balaban J connectivity index is 2.03. The van der Waals surface area contributed by atoms with Crippen molar-refractivity contribution in [1.29, 1.82) is 0 Å². The van der Waals surface area contributed by atoms with Gasteiger partial charge in [-0.15, -0.1) is 10.2 Å². The zero-order chi connectivity index (χ0) is 15.5. The number of rotatable bonds is 4. The number of anilines is 1. The van der Waals surface area contributed by atoms with E-state index in [0.29, 0.717) is 11.8 Å². The smallest absolute Gasteiger partial charge is 0.263 e. The lowest BCUT2D eigenvalue weighted by Crippen LogP contribution is -2.15. The Kier molecular flexibility index (Phi) is 4.26. The molecular formula is C15H22N6. The molecule has 3 N–H and O–H groups in total. The monoisotopic (exact) mass is 286 g/mol. The maximum Gasteiger partial charge on any atom is 0.263 e. The van der Waals surface area contributed by atoms with E-state index >= 15 is 0 Å². The van der Waals surface area contributed by atoms with Gasteiger partial charge in [-0.2, -0.15) is 5.10 Å². The van der Waals surface area contributed by atoms with Crippen molar-refractivity contribution in [3.05, 3.63) is 41.2 Å². The number of nitrogens with one attached hydrogen (secondary N) is 1. The molecule has 0 aliphatic heterocycles. The maximum absolute atomic E-state index is 5.82. The van der Waals surface area contributed by atoms with Crippen LogP contribution >= 0.6 is 0 Å². The van der Waals surface area contributed by atoms with Gasteiger partial charge in [0, 0.05) is 6.42 Å². The Morgan fingerprint density at radius 2 is 1.90 bits per heavy atom. The van der Waals surface area contributed by atoms with Gasteiger partial charge < -0.3 is 5.84 Å². The first-order chi connectivity index (χ1) is 9.91. The number of nitrogen functional groups attached to an aromatic ring is 1. The molecule has 21 heavy (non-hydrogen) atoms. The maximum atomic E-state index is 5.82. The third-order valence-electron chi connectivity index (χ3n) is 3.24. The van der Waals surface area contributed by atoms with Gasteiger partial charge >= 0.3 is 0 Å². The quantitative estimate of drug-likeness (QED) is 0.513. The summed E-state index contributed by atoms with van der Waals surface area (Å²) in [5.74, 6) is 6.95. The number of benzene rings is 1. The molecule has 1 aromatic heterocycles. The van der Waals surface area contributed by atoms with Crippen molar-refractivity contribution in [1.82, 2.24) is 14.9 Å². The van der Waals surface area contributed by atoms with Crippen LogP contribution in [0.2, 0.25) is 0 Å². The fourth-order valence-corrected chi connectivity index (χ4v) is 1.87. The molecule has 0 aliphatic carbocycles. The molecule has 0 saturated heterocycles. The molecule has 6 heteroatoms. The van der Waals surface area contributed by atoms with Crippen LogP contribution in [0.4, 0.5) is 5.95 Å². The number of nitrogens with zero attached hydrogens (tertiary/aromatic N) is 4. The van der Waals surface area contributed by atoms with Crippen molar-refractivity contribution < 1.29 is 0 Å². The standard InChI is InChI=1S/C15H22N6/c1-5-13-18-20-14(21(13)16)19-17-10-11-6-8-12(9-7-11)15(2,3)4/h6-10H,5,16H2,1-4H3,(H,19,20)/b17-10-. The lowest BCUT2D eigenvalue weighted by Gasteiger charge is -2.18. The minimum atomic E-state index is 0.153. The van der Waals surface area contributed by atoms with Gasteiger partial charge in [0.25, 0.3) is 5.95 Å². The van der Waals surface area contributed by atoms with Gasteiger partial charge in [-0.25, -0.2) is 10.1 Å². The van der Waals surface area contributed by atoms with E-state index in [0.717, 1.165) is 12.0 Å². The Bertz CT molecular complexity index is 619. The van der Waals surface area contributed by atoms with Crippen LogP contribution in [0.15, 0.2) is 29.4 Å². The number of hydrogen-bond acceptors (Lipinski definition) is 5. The van der Waals surface area contributed by atoms with Crippen molar-refractivity contribution in [2.75, 3.05) is 11.3 Å². The molecule has 1 heterocycles. The van der Waals surface area contributed by atoms with Crippen molar-refractivity contribution in [2.24, 2.45) is 5.10 Å². The first-order valence-electron chi connectivity index (χ1n) is 7.01. The molecule has 2 rings (SSSR count). The number of hydrogen-bond donors (Lipinski definition) is 2. The summed E-state index contributed by atoms with van der Waals surface area (Å²) in [6.45, 7) is 8.54. The second-order valence-corrected chi connectivity index (χ2v) is 5.91. The first-order valence-corrected chi connectivity index (χ1v) is 7.01. The normalized spacial score (nSPS) is 12.0. The van der Waals surface area contributed by atoms with E-state index in [4.69, 9.17) is 5.84 Å². The molecule has 0 radical (unpaired) electrons. The van der Waals surface area contributed by atoms with Crippen molar-refractivity contribution in [3.63, 3.8) is 0 Å². The van der Waals surface area contributed by atoms with E-state index in [1.165, 1.54) is 10.2 Å². The second-order valence-electron chi connectivity index (χ2n) is 5.91. The van der Waals surface area contributed by atoms with E-state index in [-0.39, 0.29) is 5.41 Å². The topological polar surface area (TPSA) is 81.1 Å². The summed E-state index contributed by atoms with van der Waals surface area (Å²) in [4.78, 5) is 0. The highest BCUT2D eigenvalue weighted by atomic mass is 15.5. The van der Waals surface area contributed by atoms with Gasteiger partial charge in [-0.05, 0) is 16.5 Å². The highest BCUT2D eigenvalue weighted by Crippen LogP contribution is 2.21. The molecule has 0 bridgehead atoms. The molecule has 0 spiro atoms. The Morgan fingerprint density at radius 1 is 1.24 bits per heavy atom. The molecule has 0 fully saturated rings. The summed E-state index contributed by atoms with van der Waals surface area (Å²) >= 11 is 0. The molecule has 0 aliphatic rings. The van der Waals surface area contributed by atoms with Crippen LogP contribution in [-0.2, 0) is 11.8 Å². The summed E-state index contributed by atoms with van der Waals surface area (Å²) in [6.07, 6.45) is 2.45. The summed E-state index contributed by atoms with van der Waals surface area (Å²) in [7, 11) is 0. The minimum Gasteiger partial charge on any atom is -0.335 e. The van der Waals surface area contributed by atoms with Crippen LogP contribution in [-0.4, -0.2) is 21.1 Å². The minimum absolute atomic E-state index is 0.153. The number of aryl methyl sites for hydroxylation is 1. The Morgan fingerprint density at radius 3 is 2.43 bits per heavy atom. The molecule has 112 valence electrons. The zero-order valence-corrected chi connectivity index (χ0v) is 13.0. The molecule has 0 saturated carbocycles. The lowest BCUT2D eigenvalue weighted by atomic mass is 9.87. The van der Waals surface area contributed by atoms with Gasteiger partial charge in [-0.1, -0.05) is 52.0 Å². The number of aromatic nitrogens is 3. The Hall–Kier alpha value is -2.37. The molecule has 0 amide bonds. The third kappa shape index (κ3) is 3.59. The van der Waals surface area contributed by atoms with Crippen LogP contribution in [0.3, 0.4) is 0 Å². The van der Waals surface area contributed by atoms with E-state index in [1.54, 1.807) is 6.21 Å². The fraction of sp³-hybridized carbons (Fsp3) is 0.400. The summed E-state index contributed by atoms with van der Waals surface area (Å²) in [5, 5.41) is 12.0. The number of nitrogens with two attached hydrogens (primary N) is 1. The SMILES string of the molecule is CCc1nnc(N/N=C\c2ccc(C(C)(C)C)cc2)n1N. The largest absolute Gasteiger partial charge is 0.335 e. The van der Waals surface area contributed by atoms with Crippen LogP contribution in [0, 0.1) is 0 Å². The molecule has 0 unspecified atom stereocenters. The molecule has 6 nitrogen and oxygen atoms in total. The summed E-state index contributed by atoms with van der Waals surface area (Å²) in [6, 6.07) is 8.30. The highest BCUT2D eigenvalue weighted by Gasteiger charge is 2.12. The molecule has 1 aromatic carbocycles. The fourth-order valence-electron chi connectivity index (χ4n) is 1.87. The van der Waals surface area contributed by atoms with Gasteiger partial charge in [0.15, 0.2) is 5.82 Å². The van der Waals surface area contributed by atoms with Crippen molar-refractivity contribution in [2.45, 2.75) is 39.5 Å². The Labute approximate surface area is 125 Å². The van der Waals surface area contributed by atoms with E-state index < -0.39 is 0 Å². The van der Waals surface area contributed by atoms with Crippen molar-refractivity contribution in [3.8, 4) is 0 Å². The number of hydrazone groups is 1. The van der Waals surface area contributed by atoms with Gasteiger partial charge in [0.1, 0.15) is 0 Å². The van der Waals surface area contributed by atoms with Crippen LogP contribution < -0.4 is 11.3 Å². The van der Waals surface area contributed by atoms with Crippen LogP contribution in [0.1, 0.15) is 44.6 Å². The van der Waals surface area contributed by atoms with E-state index in [2.05, 4.69) is 53.6 Å². The zero-order valence-electron chi connectivity index (χ0n) is 13.0. The van der Waals surface area contributed by atoms with Crippen molar-refractivity contribution >= 4 is 12.2 Å². The second kappa shape index (κ2) is 5.95. The first kappa shape index (κ1) is 15.0. The molecular weight excluding hydrogens is 264 g/mol. The molecule has 0 atom stereocenters. The van der Waals surface area contributed by atoms with Gasteiger partial charge in [0.2, 0.25) is 0 Å². The predicted octanol–water partition coefficient (Wildman–Crippen LogP) is 2.30. The van der Waals surface area contributed by atoms with Gasteiger partial charge in [-0.3, -0.25) is 0 Å². The summed E-state index contributed by atoms with van der Waals surface area (Å²) in [5.41, 5.74) is 5.25.